The molecule has 1 aromatic rings. The molecule has 0 N–H and O–H groups in total. The lowest BCUT2D eigenvalue weighted by Crippen LogP contribution is -2.29. The molecule has 0 saturated heterocycles. The van der Waals surface area contributed by atoms with Gasteiger partial charge in [0, 0.05) is 0 Å². The SMILES string of the molecule is CCCCC(Oc1nc(OC)cc(OC)n1)C(=O)OC. The van der Waals surface area contributed by atoms with Crippen LogP contribution in [0.15, 0.2) is 6.07 Å². The first-order chi connectivity index (χ1) is 9.64. The van der Waals surface area contributed by atoms with E-state index >= 15 is 0 Å². The Morgan fingerprint density at radius 2 is 1.80 bits per heavy atom. The Hall–Kier alpha value is -2.05. The molecule has 7 nitrogen and oxygen atoms in total. The van der Waals surface area contributed by atoms with Crippen molar-refractivity contribution in [3.05, 3.63) is 6.07 Å². The molecule has 1 aromatic heterocycles. The van der Waals surface area contributed by atoms with Gasteiger partial charge in [-0.1, -0.05) is 13.3 Å². The Morgan fingerprint density at radius 1 is 1.20 bits per heavy atom. The maximum atomic E-state index is 11.7. The number of hydrogen-bond donors (Lipinski definition) is 0. The van der Waals surface area contributed by atoms with Gasteiger partial charge in [-0.15, -0.1) is 0 Å². The van der Waals surface area contributed by atoms with Gasteiger partial charge in [0.15, 0.2) is 6.10 Å². The number of carbonyl (C=O) groups is 1. The topological polar surface area (TPSA) is 79.8 Å². The zero-order valence-electron chi connectivity index (χ0n) is 12.2. The van der Waals surface area contributed by atoms with Crippen LogP contribution < -0.4 is 14.2 Å². The molecule has 1 heterocycles. The fraction of sp³-hybridized carbons (Fsp3) is 0.615. The predicted octanol–water partition coefficient (Wildman–Crippen LogP) is 1.60. The maximum Gasteiger partial charge on any atom is 0.347 e. The molecule has 0 bridgehead atoms. The third-order valence-corrected chi connectivity index (χ3v) is 2.61. The van der Waals surface area contributed by atoms with E-state index in [9.17, 15) is 4.79 Å². The molecule has 0 amide bonds. The van der Waals surface area contributed by atoms with Gasteiger partial charge in [0.05, 0.1) is 27.4 Å². The summed E-state index contributed by atoms with van der Waals surface area (Å²) in [6.45, 7) is 2.03. The minimum atomic E-state index is -0.739. The minimum Gasteiger partial charge on any atom is -0.481 e. The highest BCUT2D eigenvalue weighted by Gasteiger charge is 2.22. The number of aromatic nitrogens is 2. The van der Waals surface area contributed by atoms with Gasteiger partial charge in [-0.05, 0) is 12.8 Å². The summed E-state index contributed by atoms with van der Waals surface area (Å²) in [4.78, 5) is 19.7. The second-order valence-corrected chi connectivity index (χ2v) is 4.01. The third kappa shape index (κ3) is 4.56. The number of nitrogens with zero attached hydrogens (tertiary/aromatic N) is 2. The monoisotopic (exact) mass is 284 g/mol. The summed E-state index contributed by atoms with van der Waals surface area (Å²) in [7, 11) is 4.26. The van der Waals surface area contributed by atoms with E-state index in [0.29, 0.717) is 18.2 Å². The zero-order valence-corrected chi connectivity index (χ0v) is 12.2. The molecule has 0 spiro atoms. The van der Waals surface area contributed by atoms with E-state index in [4.69, 9.17) is 18.9 Å². The normalized spacial score (nSPS) is 11.6. The van der Waals surface area contributed by atoms with Gasteiger partial charge in [-0.25, -0.2) is 4.79 Å². The Kier molecular flexibility index (Phi) is 6.55. The lowest BCUT2D eigenvalue weighted by Gasteiger charge is -2.15. The summed E-state index contributed by atoms with van der Waals surface area (Å²) < 4.78 is 20.2. The Bertz CT molecular complexity index is 417. The van der Waals surface area contributed by atoms with Crippen LogP contribution in [0.2, 0.25) is 0 Å². The van der Waals surface area contributed by atoms with Crippen molar-refractivity contribution in [2.75, 3.05) is 21.3 Å². The molecule has 0 aromatic carbocycles. The van der Waals surface area contributed by atoms with Gasteiger partial charge in [0.2, 0.25) is 11.8 Å². The van der Waals surface area contributed by atoms with Crippen LogP contribution >= 0.6 is 0 Å². The van der Waals surface area contributed by atoms with E-state index in [2.05, 4.69) is 9.97 Å². The number of rotatable bonds is 8. The highest BCUT2D eigenvalue weighted by atomic mass is 16.6. The average molecular weight is 284 g/mol. The maximum absolute atomic E-state index is 11.7. The van der Waals surface area contributed by atoms with E-state index < -0.39 is 12.1 Å². The molecule has 0 saturated carbocycles. The number of methoxy groups -OCH3 is 3. The minimum absolute atomic E-state index is 0.0210. The smallest absolute Gasteiger partial charge is 0.347 e. The van der Waals surface area contributed by atoms with Crippen molar-refractivity contribution in [1.29, 1.82) is 0 Å². The Morgan fingerprint density at radius 3 is 2.25 bits per heavy atom. The summed E-state index contributed by atoms with van der Waals surface area (Å²) in [6, 6.07) is 1.54. The van der Waals surface area contributed by atoms with E-state index in [-0.39, 0.29) is 6.01 Å². The van der Waals surface area contributed by atoms with Crippen molar-refractivity contribution >= 4 is 5.97 Å². The summed E-state index contributed by atoms with van der Waals surface area (Å²) in [6.07, 6.45) is 1.57. The molecular formula is C13H20N2O5. The number of carbonyl (C=O) groups excluding carboxylic acids is 1. The first kappa shape index (κ1) is 16.0. The van der Waals surface area contributed by atoms with Crippen LogP contribution in [0.4, 0.5) is 0 Å². The molecule has 0 aliphatic heterocycles. The van der Waals surface area contributed by atoms with Gasteiger partial charge in [0.25, 0.3) is 0 Å². The van der Waals surface area contributed by atoms with Crippen LogP contribution in [-0.4, -0.2) is 43.4 Å². The summed E-state index contributed by atoms with van der Waals surface area (Å²) in [5.41, 5.74) is 0. The predicted molar refractivity (Wildman–Crippen MR) is 71.1 cm³/mol. The third-order valence-electron chi connectivity index (χ3n) is 2.61. The molecule has 0 aliphatic rings. The van der Waals surface area contributed by atoms with Crippen molar-refractivity contribution in [2.24, 2.45) is 0 Å². The molecule has 7 heteroatoms. The van der Waals surface area contributed by atoms with Gasteiger partial charge >= 0.3 is 12.0 Å². The summed E-state index contributed by atoms with van der Waals surface area (Å²) in [5.74, 6) is 0.140. The Balaban J connectivity index is 2.88. The van der Waals surface area contributed by atoms with Crippen LogP contribution in [0.25, 0.3) is 0 Å². The van der Waals surface area contributed by atoms with E-state index in [1.165, 1.54) is 27.4 Å². The van der Waals surface area contributed by atoms with Crippen LogP contribution in [0.5, 0.6) is 17.8 Å². The van der Waals surface area contributed by atoms with Crippen LogP contribution in [-0.2, 0) is 9.53 Å². The molecule has 1 rings (SSSR count). The molecule has 20 heavy (non-hydrogen) atoms. The van der Waals surface area contributed by atoms with Gasteiger partial charge < -0.3 is 18.9 Å². The van der Waals surface area contributed by atoms with Crippen molar-refractivity contribution in [3.63, 3.8) is 0 Å². The van der Waals surface area contributed by atoms with Crippen LogP contribution in [0.3, 0.4) is 0 Å². The van der Waals surface area contributed by atoms with Crippen LogP contribution in [0, 0.1) is 0 Å². The molecule has 0 aliphatic carbocycles. The molecule has 0 radical (unpaired) electrons. The van der Waals surface area contributed by atoms with E-state index in [0.717, 1.165) is 12.8 Å². The van der Waals surface area contributed by atoms with Crippen molar-refractivity contribution in [2.45, 2.75) is 32.3 Å². The summed E-state index contributed by atoms with van der Waals surface area (Å²) in [5, 5.41) is 0. The number of hydrogen-bond acceptors (Lipinski definition) is 7. The Labute approximate surface area is 118 Å². The number of ether oxygens (including phenoxy) is 4. The average Bonchev–Trinajstić information content (AvgIpc) is 2.49. The molecule has 112 valence electrons. The molecular weight excluding hydrogens is 264 g/mol. The van der Waals surface area contributed by atoms with Gasteiger partial charge in [0.1, 0.15) is 0 Å². The van der Waals surface area contributed by atoms with E-state index in [1.807, 2.05) is 6.92 Å². The molecule has 1 atom stereocenters. The quantitative estimate of drug-likeness (QED) is 0.671. The first-order valence-corrected chi connectivity index (χ1v) is 6.36. The number of esters is 1. The van der Waals surface area contributed by atoms with Crippen molar-refractivity contribution < 1.29 is 23.7 Å². The fourth-order valence-corrected chi connectivity index (χ4v) is 1.52. The van der Waals surface area contributed by atoms with Crippen molar-refractivity contribution in [3.8, 4) is 17.8 Å². The highest BCUT2D eigenvalue weighted by molar-refractivity contribution is 5.74. The standard InChI is InChI=1S/C13H20N2O5/c1-5-6-7-9(12(16)19-4)20-13-14-10(17-2)8-11(15-13)18-3/h8-9H,5-7H2,1-4H3. The second kappa shape index (κ2) is 8.19. The lowest BCUT2D eigenvalue weighted by molar-refractivity contribution is -0.149. The second-order valence-electron chi connectivity index (χ2n) is 4.01. The highest BCUT2D eigenvalue weighted by Crippen LogP contribution is 2.20. The number of unbranched alkanes of at least 4 members (excludes halogenated alkanes) is 1. The van der Waals surface area contributed by atoms with Crippen LogP contribution in [0.1, 0.15) is 26.2 Å². The lowest BCUT2D eigenvalue weighted by atomic mass is 10.1. The van der Waals surface area contributed by atoms with Crippen molar-refractivity contribution in [1.82, 2.24) is 9.97 Å². The zero-order chi connectivity index (χ0) is 15.0. The molecule has 0 fully saturated rings. The summed E-state index contributed by atoms with van der Waals surface area (Å²) >= 11 is 0. The largest absolute Gasteiger partial charge is 0.481 e. The molecule has 1 unspecified atom stereocenters. The fourth-order valence-electron chi connectivity index (χ4n) is 1.52. The van der Waals surface area contributed by atoms with E-state index in [1.54, 1.807) is 0 Å². The van der Waals surface area contributed by atoms with Gasteiger partial charge in [-0.2, -0.15) is 9.97 Å². The van der Waals surface area contributed by atoms with Gasteiger partial charge in [-0.3, -0.25) is 0 Å². The first-order valence-electron chi connectivity index (χ1n) is 6.36.